The topological polar surface area (TPSA) is 82.2 Å². The van der Waals surface area contributed by atoms with E-state index < -0.39 is 23.9 Å². The third kappa shape index (κ3) is 4.51. The molecule has 11 heteroatoms. The van der Waals surface area contributed by atoms with Gasteiger partial charge in [-0.05, 0) is 48.9 Å². The molecule has 0 radical (unpaired) electrons. The van der Waals surface area contributed by atoms with Crippen molar-refractivity contribution in [2.75, 3.05) is 0 Å². The summed E-state index contributed by atoms with van der Waals surface area (Å²) in [7, 11) is 0. The second kappa shape index (κ2) is 8.86. The molecule has 1 aliphatic carbocycles. The number of hydrogen-bond acceptors (Lipinski definition) is 6. The maximum Gasteiger partial charge on any atom is 0.433 e. The van der Waals surface area contributed by atoms with E-state index in [-0.39, 0.29) is 30.1 Å². The minimum absolute atomic E-state index is 0.0566. The zero-order valence-electron chi connectivity index (χ0n) is 18.5. The highest BCUT2D eigenvalue weighted by atomic mass is 19.4. The number of carbonyl (C=O) groups excluding carboxylic acids is 1. The summed E-state index contributed by atoms with van der Waals surface area (Å²) in [6.45, 7) is 1.95. The molecule has 3 aliphatic rings. The molecule has 2 aromatic rings. The first-order valence-corrected chi connectivity index (χ1v) is 11.5. The first kappa shape index (κ1) is 23.1. The minimum Gasteiger partial charge on any atom is -0.340 e. The maximum absolute atomic E-state index is 13.2. The number of rotatable bonds is 6. The van der Waals surface area contributed by atoms with Gasteiger partial charge in [-0.3, -0.25) is 20.1 Å². The number of pyridine rings is 2. The Morgan fingerprint density at radius 3 is 2.53 bits per heavy atom. The van der Waals surface area contributed by atoms with Crippen LogP contribution in [0.2, 0.25) is 0 Å². The number of carbonyl (C=O) groups is 1. The molecular formula is C23H26F4N6O. The summed E-state index contributed by atoms with van der Waals surface area (Å²) in [4.78, 5) is 20.9. The van der Waals surface area contributed by atoms with Crippen LogP contribution in [0.5, 0.6) is 0 Å². The van der Waals surface area contributed by atoms with Gasteiger partial charge in [-0.25, -0.2) is 14.8 Å². The van der Waals surface area contributed by atoms with Crippen molar-refractivity contribution >= 4 is 5.91 Å². The van der Waals surface area contributed by atoms with E-state index in [0.717, 1.165) is 25.1 Å². The van der Waals surface area contributed by atoms with Crippen LogP contribution in [0, 0.1) is 17.7 Å². The normalized spacial score (nSPS) is 28.4. The summed E-state index contributed by atoms with van der Waals surface area (Å²) in [5.41, 5.74) is 3.85. The van der Waals surface area contributed by atoms with E-state index in [2.05, 4.69) is 26.0 Å². The highest BCUT2D eigenvalue weighted by Gasteiger charge is 2.55. The average Bonchev–Trinajstić information content (AvgIpc) is 3.57. The second-order valence-electron chi connectivity index (χ2n) is 9.17. The molecule has 3 fully saturated rings. The Hall–Kier alpha value is -2.63. The van der Waals surface area contributed by atoms with Crippen molar-refractivity contribution in [3.05, 3.63) is 59.4 Å². The Labute approximate surface area is 194 Å². The van der Waals surface area contributed by atoms with Gasteiger partial charge < -0.3 is 5.32 Å². The van der Waals surface area contributed by atoms with Crippen molar-refractivity contribution in [3.63, 3.8) is 0 Å². The van der Waals surface area contributed by atoms with Crippen LogP contribution < -0.4 is 16.1 Å². The van der Waals surface area contributed by atoms with Gasteiger partial charge in [0.25, 0.3) is 0 Å². The smallest absolute Gasteiger partial charge is 0.340 e. The molecule has 5 atom stereocenters. The number of halogens is 4. The Bertz CT molecular complexity index is 1030. The molecule has 4 heterocycles. The fourth-order valence-corrected chi connectivity index (χ4v) is 5.06. The van der Waals surface area contributed by atoms with Gasteiger partial charge in [0.2, 0.25) is 5.91 Å². The van der Waals surface area contributed by atoms with E-state index in [9.17, 15) is 22.4 Å². The third-order valence-corrected chi connectivity index (χ3v) is 6.83. The number of fused-ring (bicyclic) bond motifs is 1. The molecule has 2 aromatic heterocycles. The molecule has 2 saturated heterocycles. The van der Waals surface area contributed by atoms with Gasteiger partial charge in [0, 0.05) is 24.4 Å². The van der Waals surface area contributed by atoms with Crippen LogP contribution in [-0.4, -0.2) is 39.3 Å². The largest absolute Gasteiger partial charge is 0.433 e. The van der Waals surface area contributed by atoms with Crippen LogP contribution in [0.4, 0.5) is 17.6 Å². The molecule has 5 unspecified atom stereocenters. The fraction of sp³-hybridized carbons (Fsp3) is 0.522. The van der Waals surface area contributed by atoms with E-state index in [0.29, 0.717) is 30.0 Å². The molecule has 2 aliphatic heterocycles. The quantitative estimate of drug-likeness (QED) is 0.554. The van der Waals surface area contributed by atoms with Crippen LogP contribution >= 0.6 is 0 Å². The van der Waals surface area contributed by atoms with Gasteiger partial charge in [-0.1, -0.05) is 13.0 Å². The number of alkyl halides is 3. The van der Waals surface area contributed by atoms with Crippen molar-refractivity contribution < 1.29 is 22.4 Å². The Morgan fingerprint density at radius 2 is 1.94 bits per heavy atom. The minimum atomic E-state index is -4.50. The van der Waals surface area contributed by atoms with E-state index in [4.69, 9.17) is 0 Å². The summed E-state index contributed by atoms with van der Waals surface area (Å²) in [6, 6.07) is 5.01. The van der Waals surface area contributed by atoms with Crippen LogP contribution in [0.25, 0.3) is 0 Å². The zero-order chi connectivity index (χ0) is 24.0. The van der Waals surface area contributed by atoms with Gasteiger partial charge in [0.1, 0.15) is 11.5 Å². The number of nitrogens with one attached hydrogen (secondary N) is 3. The number of aromatic nitrogens is 2. The summed E-state index contributed by atoms with van der Waals surface area (Å²) in [6.07, 6.45) is 0.158. The van der Waals surface area contributed by atoms with Crippen molar-refractivity contribution in [3.8, 4) is 0 Å². The molecule has 0 spiro atoms. The van der Waals surface area contributed by atoms with Crippen molar-refractivity contribution in [1.82, 2.24) is 31.0 Å². The lowest BCUT2D eigenvalue weighted by atomic mass is 9.91. The van der Waals surface area contributed by atoms with Gasteiger partial charge in [-0.2, -0.15) is 13.2 Å². The first-order valence-electron chi connectivity index (χ1n) is 11.5. The third-order valence-electron chi connectivity index (χ3n) is 6.83. The van der Waals surface area contributed by atoms with E-state index >= 15 is 0 Å². The van der Waals surface area contributed by atoms with Crippen LogP contribution in [0.15, 0.2) is 36.7 Å². The summed E-state index contributed by atoms with van der Waals surface area (Å²) in [5, 5.41) is 8.48. The molecule has 182 valence electrons. The monoisotopic (exact) mass is 478 g/mol. The Balaban J connectivity index is 1.40. The van der Waals surface area contributed by atoms with Crippen LogP contribution in [-0.2, 0) is 17.4 Å². The number of nitrogens with zero attached hydrogens (tertiary/aromatic N) is 3. The molecule has 3 N–H and O–H groups in total. The predicted octanol–water partition coefficient (Wildman–Crippen LogP) is 2.91. The zero-order valence-corrected chi connectivity index (χ0v) is 18.5. The lowest BCUT2D eigenvalue weighted by molar-refractivity contribution is -0.141. The molecular weight excluding hydrogens is 452 g/mol. The van der Waals surface area contributed by atoms with Crippen molar-refractivity contribution in [2.24, 2.45) is 11.8 Å². The van der Waals surface area contributed by atoms with Crippen molar-refractivity contribution in [2.45, 2.75) is 63.2 Å². The molecule has 5 rings (SSSR count). The summed E-state index contributed by atoms with van der Waals surface area (Å²) < 4.78 is 52.2. The van der Waals surface area contributed by atoms with Gasteiger partial charge >= 0.3 is 6.18 Å². The fourth-order valence-electron chi connectivity index (χ4n) is 5.06. The highest BCUT2D eigenvalue weighted by molar-refractivity contribution is 5.81. The maximum atomic E-state index is 13.2. The lowest BCUT2D eigenvalue weighted by Gasteiger charge is -2.39. The SMILES string of the molecule is CCC(c1ccc(C(F)(F)F)nc1)N1NC(C2CC2)C2C(=O)NC(Cc3ccc(F)cn3)NC21. The van der Waals surface area contributed by atoms with E-state index in [1.54, 1.807) is 6.07 Å². The van der Waals surface area contributed by atoms with Crippen molar-refractivity contribution in [1.29, 1.82) is 0 Å². The van der Waals surface area contributed by atoms with Gasteiger partial charge in [-0.15, -0.1) is 0 Å². The van der Waals surface area contributed by atoms with Crippen LogP contribution in [0.1, 0.15) is 49.2 Å². The molecule has 1 amide bonds. The predicted molar refractivity (Wildman–Crippen MR) is 114 cm³/mol. The van der Waals surface area contributed by atoms with Gasteiger partial charge in [0.15, 0.2) is 0 Å². The number of hydrogen-bond donors (Lipinski definition) is 3. The average molecular weight is 478 g/mol. The number of amides is 1. The summed E-state index contributed by atoms with van der Waals surface area (Å²) >= 11 is 0. The first-order chi connectivity index (χ1) is 16.2. The van der Waals surface area contributed by atoms with E-state index in [1.165, 1.54) is 18.3 Å². The highest BCUT2D eigenvalue weighted by Crippen LogP contribution is 2.43. The molecule has 0 bridgehead atoms. The Kier molecular flexibility index (Phi) is 6.03. The molecule has 0 aromatic carbocycles. The number of hydrazine groups is 1. The van der Waals surface area contributed by atoms with E-state index in [1.807, 2.05) is 11.9 Å². The standard InChI is InChI=1S/C23H26F4N6O/c1-2-16(13-5-8-17(29-10-13)23(25,26)27)33-21-19(20(32-33)12-3-4-12)22(34)31-18(30-21)9-15-7-6-14(24)11-28-15/h5-8,10-12,16,18-21,30,32H,2-4,9H2,1H3,(H,31,34). The molecule has 34 heavy (non-hydrogen) atoms. The Morgan fingerprint density at radius 1 is 1.15 bits per heavy atom. The van der Waals surface area contributed by atoms with Gasteiger partial charge in [0.05, 0.1) is 30.5 Å². The molecule has 1 saturated carbocycles. The molecule has 7 nitrogen and oxygen atoms in total. The summed E-state index contributed by atoms with van der Waals surface area (Å²) in [5.74, 6) is -0.480. The van der Waals surface area contributed by atoms with Crippen LogP contribution in [0.3, 0.4) is 0 Å². The second-order valence-corrected chi connectivity index (χ2v) is 9.17. The lowest BCUT2D eigenvalue weighted by Crippen LogP contribution is -2.65.